The number of benzene rings is 1. The topological polar surface area (TPSA) is 182 Å². The number of thiol groups is 3. The van der Waals surface area contributed by atoms with Gasteiger partial charge in [0.05, 0.1) is 25.9 Å². The van der Waals surface area contributed by atoms with Gasteiger partial charge < -0.3 is 35.4 Å². The lowest BCUT2D eigenvalue weighted by Gasteiger charge is -2.31. The lowest BCUT2D eigenvalue weighted by molar-refractivity contribution is -0.138. The smallest absolute Gasteiger partial charge is 0.304 e. The third-order valence-corrected chi connectivity index (χ3v) is 6.28. The Morgan fingerprint density at radius 1 is 0.647 bits per heavy atom. The van der Waals surface area contributed by atoms with Gasteiger partial charge in [-0.05, 0) is 29.5 Å². The van der Waals surface area contributed by atoms with E-state index in [4.69, 9.17) is 4.74 Å². The Kier molecular flexibility index (Phi) is 13.1. The second kappa shape index (κ2) is 14.7. The Balaban J connectivity index is 4.21. The molecule has 192 valence electrons. The van der Waals surface area contributed by atoms with Crippen molar-refractivity contribution in [2.45, 2.75) is 47.9 Å². The molecule has 0 aliphatic heterocycles. The van der Waals surface area contributed by atoms with Gasteiger partial charge in [-0.15, -0.1) is 0 Å². The molecule has 0 saturated heterocycles. The van der Waals surface area contributed by atoms with Crippen LogP contribution in [-0.2, 0) is 27.2 Å². The van der Waals surface area contributed by atoms with Gasteiger partial charge >= 0.3 is 17.9 Å². The standard InChI is InChI=1S/C21H30O10S3/c22-3-1-10-18(12(32)7-15(25)26)11(2-4-23)20(14(34)9-17(29)30)21(31-6-5-24)19(10)13(33)8-16(27)28/h12-14,22-24,32-34H,1-9H2,(H,25,26)(H,27,28)(H,29,30). The Bertz CT molecular complexity index is 824. The van der Waals surface area contributed by atoms with Crippen LogP contribution >= 0.6 is 37.9 Å². The zero-order valence-electron chi connectivity index (χ0n) is 18.3. The fourth-order valence-electron chi connectivity index (χ4n) is 3.87. The Morgan fingerprint density at radius 3 is 1.29 bits per heavy atom. The van der Waals surface area contributed by atoms with Crippen LogP contribution in [0.3, 0.4) is 0 Å². The highest BCUT2D eigenvalue weighted by molar-refractivity contribution is 7.81. The number of rotatable bonds is 16. The first-order valence-corrected chi connectivity index (χ1v) is 11.9. The van der Waals surface area contributed by atoms with Crippen molar-refractivity contribution in [3.63, 3.8) is 0 Å². The first-order chi connectivity index (χ1) is 16.0. The van der Waals surface area contributed by atoms with Gasteiger partial charge in [0, 0.05) is 40.1 Å². The molecule has 1 rings (SSSR count). The van der Waals surface area contributed by atoms with Gasteiger partial charge in [-0.2, -0.15) is 37.9 Å². The zero-order chi connectivity index (χ0) is 26.0. The Labute approximate surface area is 213 Å². The molecule has 0 spiro atoms. The summed E-state index contributed by atoms with van der Waals surface area (Å²) in [6, 6.07) is 0. The summed E-state index contributed by atoms with van der Waals surface area (Å²) in [5, 5.41) is 54.1. The van der Waals surface area contributed by atoms with E-state index in [1.165, 1.54) is 0 Å². The second-order valence-corrected chi connectivity index (χ2v) is 9.26. The highest BCUT2D eigenvalue weighted by Crippen LogP contribution is 2.49. The molecule has 0 amide bonds. The van der Waals surface area contributed by atoms with Crippen LogP contribution in [0.25, 0.3) is 0 Å². The molecule has 3 atom stereocenters. The van der Waals surface area contributed by atoms with Gasteiger partial charge in [-0.25, -0.2) is 0 Å². The molecule has 0 fully saturated rings. The van der Waals surface area contributed by atoms with Crippen LogP contribution in [0, 0.1) is 0 Å². The van der Waals surface area contributed by atoms with E-state index in [-0.39, 0.29) is 36.3 Å². The maximum absolute atomic E-state index is 11.5. The molecule has 10 nitrogen and oxygen atoms in total. The summed E-state index contributed by atoms with van der Waals surface area (Å²) in [5.74, 6) is -3.50. The third-order valence-electron chi connectivity index (χ3n) is 4.95. The summed E-state index contributed by atoms with van der Waals surface area (Å²) < 4.78 is 5.77. The predicted octanol–water partition coefficient (Wildman–Crippen LogP) is 1.46. The number of ether oxygens (including phenoxy) is 1. The summed E-state index contributed by atoms with van der Waals surface area (Å²) in [7, 11) is 0. The van der Waals surface area contributed by atoms with E-state index in [1.54, 1.807) is 0 Å². The van der Waals surface area contributed by atoms with Gasteiger partial charge in [0.15, 0.2) is 0 Å². The normalized spacial score (nSPS) is 13.8. The minimum Gasteiger partial charge on any atom is -0.491 e. The first kappa shape index (κ1) is 30.4. The Morgan fingerprint density at radius 2 is 1.00 bits per heavy atom. The lowest BCUT2D eigenvalue weighted by Crippen LogP contribution is -2.20. The molecule has 0 radical (unpaired) electrons. The van der Waals surface area contributed by atoms with E-state index in [9.17, 15) is 45.0 Å². The van der Waals surface area contributed by atoms with Gasteiger partial charge in [-0.3, -0.25) is 14.4 Å². The second-order valence-electron chi connectivity index (χ2n) is 7.39. The summed E-state index contributed by atoms with van der Waals surface area (Å²) >= 11 is 13.3. The van der Waals surface area contributed by atoms with Crippen molar-refractivity contribution in [3.8, 4) is 5.75 Å². The largest absolute Gasteiger partial charge is 0.491 e. The number of aliphatic carboxylic acids is 3. The monoisotopic (exact) mass is 538 g/mol. The minimum atomic E-state index is -1.19. The highest BCUT2D eigenvalue weighted by Gasteiger charge is 2.33. The van der Waals surface area contributed by atoms with Crippen LogP contribution in [0.15, 0.2) is 0 Å². The van der Waals surface area contributed by atoms with E-state index >= 15 is 0 Å². The summed E-state index contributed by atoms with van der Waals surface area (Å²) in [5.41, 5.74) is 1.45. The average molecular weight is 539 g/mol. The average Bonchev–Trinajstić information content (AvgIpc) is 2.70. The van der Waals surface area contributed by atoms with E-state index < -0.39 is 72.7 Å². The molecule has 34 heavy (non-hydrogen) atoms. The number of carboxylic acids is 3. The van der Waals surface area contributed by atoms with Crippen molar-refractivity contribution in [1.29, 1.82) is 0 Å². The maximum Gasteiger partial charge on any atom is 0.304 e. The quantitative estimate of drug-likeness (QED) is 0.140. The molecular formula is C21H30O10S3. The van der Waals surface area contributed by atoms with Gasteiger partial charge in [-0.1, -0.05) is 0 Å². The fourth-order valence-corrected chi connectivity index (χ4v) is 5.19. The van der Waals surface area contributed by atoms with Crippen LogP contribution in [-0.4, -0.2) is 75.0 Å². The Hall–Kier alpha value is -1.64. The van der Waals surface area contributed by atoms with Crippen molar-refractivity contribution in [1.82, 2.24) is 0 Å². The molecule has 3 unspecified atom stereocenters. The molecule has 0 saturated carbocycles. The number of aliphatic hydroxyl groups is 3. The van der Waals surface area contributed by atoms with Crippen molar-refractivity contribution < 1.29 is 49.8 Å². The van der Waals surface area contributed by atoms with Crippen molar-refractivity contribution in [3.05, 3.63) is 27.8 Å². The fraction of sp³-hybridized carbons (Fsp3) is 0.571. The molecule has 0 heterocycles. The van der Waals surface area contributed by atoms with Gasteiger partial charge in [0.2, 0.25) is 0 Å². The van der Waals surface area contributed by atoms with Gasteiger partial charge in [0.1, 0.15) is 12.4 Å². The SMILES string of the molecule is O=C(O)CC(S)c1c(CCO)c(C(S)CC(=O)O)c(OCCO)c(C(S)CC(=O)O)c1CCO. The van der Waals surface area contributed by atoms with Crippen LogP contribution in [0.4, 0.5) is 0 Å². The van der Waals surface area contributed by atoms with Crippen LogP contribution < -0.4 is 4.74 Å². The van der Waals surface area contributed by atoms with Crippen molar-refractivity contribution in [2.75, 3.05) is 26.4 Å². The van der Waals surface area contributed by atoms with Crippen molar-refractivity contribution in [2.24, 2.45) is 0 Å². The van der Waals surface area contributed by atoms with Crippen LogP contribution in [0.1, 0.15) is 62.8 Å². The molecule has 0 bridgehead atoms. The highest BCUT2D eigenvalue weighted by atomic mass is 32.1. The lowest BCUT2D eigenvalue weighted by atomic mass is 9.82. The molecule has 0 aliphatic rings. The molecule has 0 aromatic heterocycles. The van der Waals surface area contributed by atoms with E-state index in [1.807, 2.05) is 0 Å². The van der Waals surface area contributed by atoms with Crippen LogP contribution in [0.2, 0.25) is 0 Å². The number of hydrogen-bond acceptors (Lipinski definition) is 10. The van der Waals surface area contributed by atoms with E-state index in [2.05, 4.69) is 37.9 Å². The molecule has 1 aromatic carbocycles. The molecular weight excluding hydrogens is 508 g/mol. The van der Waals surface area contributed by atoms with Gasteiger partial charge in [0.25, 0.3) is 0 Å². The number of aliphatic hydroxyl groups excluding tert-OH is 3. The maximum atomic E-state index is 11.5. The van der Waals surface area contributed by atoms with E-state index in [0.29, 0.717) is 16.7 Å². The minimum absolute atomic E-state index is 0.0393. The number of hydrogen-bond donors (Lipinski definition) is 9. The molecule has 13 heteroatoms. The zero-order valence-corrected chi connectivity index (χ0v) is 20.9. The van der Waals surface area contributed by atoms with Crippen LogP contribution in [0.5, 0.6) is 5.75 Å². The number of carbonyl (C=O) groups is 3. The molecule has 6 N–H and O–H groups in total. The predicted molar refractivity (Wildman–Crippen MR) is 133 cm³/mol. The van der Waals surface area contributed by atoms with E-state index in [0.717, 1.165) is 0 Å². The summed E-state index contributed by atoms with van der Waals surface area (Å²) in [6.07, 6.45) is -1.46. The van der Waals surface area contributed by atoms with Crippen molar-refractivity contribution >= 4 is 55.8 Å². The third kappa shape index (κ3) is 8.24. The molecule has 0 aliphatic carbocycles. The summed E-state index contributed by atoms with van der Waals surface area (Å²) in [6.45, 7) is -1.42. The number of carboxylic acid groups (broad SMARTS) is 3. The first-order valence-electron chi connectivity index (χ1n) is 10.4. The summed E-state index contributed by atoms with van der Waals surface area (Å²) in [4.78, 5) is 34.4. The molecule has 1 aromatic rings.